The molecule has 3 rings (SSSR count). The van der Waals surface area contributed by atoms with Crippen LogP contribution in [-0.2, 0) is 14.3 Å². The van der Waals surface area contributed by atoms with E-state index in [1.54, 1.807) is 39.3 Å². The van der Waals surface area contributed by atoms with Crippen LogP contribution in [0.2, 0.25) is 0 Å². The van der Waals surface area contributed by atoms with Crippen LogP contribution in [-0.4, -0.2) is 56.7 Å². The Hall–Kier alpha value is -2.77. The van der Waals surface area contributed by atoms with E-state index in [4.69, 9.17) is 19.2 Å². The summed E-state index contributed by atoms with van der Waals surface area (Å²) in [5, 5.41) is 2.81. The van der Waals surface area contributed by atoms with Crippen LogP contribution in [0.4, 0.5) is 0 Å². The number of ether oxygens (including phenoxy) is 3. The fraction of sp³-hybridized carbons (Fsp3) is 0.550. The van der Waals surface area contributed by atoms with E-state index >= 15 is 0 Å². The van der Waals surface area contributed by atoms with Gasteiger partial charge in [0.15, 0.2) is 17.4 Å². The highest BCUT2D eigenvalue weighted by molar-refractivity contribution is 6.08. The summed E-state index contributed by atoms with van der Waals surface area (Å²) in [4.78, 5) is 32.2. The van der Waals surface area contributed by atoms with E-state index in [-0.39, 0.29) is 6.61 Å². The maximum Gasteiger partial charge on any atom is 0.321 e. The Morgan fingerprint density at radius 1 is 1.18 bits per heavy atom. The monoisotopic (exact) mass is 389 g/mol. The topological polar surface area (TPSA) is 89.5 Å². The average Bonchev–Trinajstić information content (AvgIpc) is 2.73. The molecule has 1 aromatic rings. The SMILES string of the molecule is CCOC(=O)C1C(=O)NC(N2CCCCC2)=NC1c1ccc(OC)c(OC)c1. The molecular weight excluding hydrogens is 362 g/mol. The first-order valence-electron chi connectivity index (χ1n) is 9.61. The fourth-order valence-electron chi connectivity index (χ4n) is 3.61. The van der Waals surface area contributed by atoms with Crippen molar-refractivity contribution >= 4 is 17.8 Å². The minimum Gasteiger partial charge on any atom is -0.493 e. The summed E-state index contributed by atoms with van der Waals surface area (Å²) in [7, 11) is 3.10. The van der Waals surface area contributed by atoms with Gasteiger partial charge in [-0.15, -0.1) is 0 Å². The maximum absolute atomic E-state index is 12.8. The lowest BCUT2D eigenvalue weighted by atomic mass is 9.91. The van der Waals surface area contributed by atoms with Crippen LogP contribution >= 0.6 is 0 Å². The van der Waals surface area contributed by atoms with Crippen LogP contribution in [0.1, 0.15) is 37.8 Å². The van der Waals surface area contributed by atoms with Crippen molar-refractivity contribution in [1.29, 1.82) is 0 Å². The molecule has 2 atom stereocenters. The molecule has 0 aromatic heterocycles. The number of esters is 1. The van der Waals surface area contributed by atoms with Gasteiger partial charge in [0, 0.05) is 13.1 Å². The number of piperidine rings is 1. The van der Waals surface area contributed by atoms with E-state index < -0.39 is 23.8 Å². The number of nitrogens with zero attached hydrogens (tertiary/aromatic N) is 2. The number of guanidine groups is 1. The van der Waals surface area contributed by atoms with Crippen molar-refractivity contribution in [2.24, 2.45) is 10.9 Å². The first-order valence-corrected chi connectivity index (χ1v) is 9.61. The standard InChI is InChI=1S/C20H27N3O5/c1-4-28-19(25)16-17(13-8-9-14(26-2)15(12-13)27-3)21-20(22-18(16)24)23-10-6-5-7-11-23/h8-9,12,16-17H,4-7,10-11H2,1-3H3,(H,21,22,24). The third kappa shape index (κ3) is 4.05. The molecule has 0 aliphatic carbocycles. The first-order chi connectivity index (χ1) is 13.6. The number of methoxy groups -OCH3 is 2. The van der Waals surface area contributed by atoms with Crippen molar-refractivity contribution in [2.75, 3.05) is 33.9 Å². The van der Waals surface area contributed by atoms with Crippen LogP contribution < -0.4 is 14.8 Å². The van der Waals surface area contributed by atoms with Gasteiger partial charge in [-0.1, -0.05) is 6.07 Å². The lowest BCUT2D eigenvalue weighted by molar-refractivity contribution is -0.153. The van der Waals surface area contributed by atoms with E-state index in [1.807, 2.05) is 0 Å². The largest absolute Gasteiger partial charge is 0.493 e. The molecule has 0 radical (unpaired) electrons. The first kappa shape index (κ1) is 20.0. The van der Waals surface area contributed by atoms with Crippen molar-refractivity contribution in [2.45, 2.75) is 32.2 Å². The number of aliphatic imine (C=N–C) groups is 1. The van der Waals surface area contributed by atoms with Crippen LogP contribution in [0.25, 0.3) is 0 Å². The quantitative estimate of drug-likeness (QED) is 0.611. The van der Waals surface area contributed by atoms with Crippen LogP contribution in [0, 0.1) is 5.92 Å². The number of carbonyl (C=O) groups excluding carboxylic acids is 2. The Labute approximate surface area is 164 Å². The van der Waals surface area contributed by atoms with E-state index in [0.717, 1.165) is 25.9 Å². The Morgan fingerprint density at radius 2 is 1.89 bits per heavy atom. The molecule has 1 aromatic carbocycles. The summed E-state index contributed by atoms with van der Waals surface area (Å²) in [6.45, 7) is 3.58. The number of benzene rings is 1. The summed E-state index contributed by atoms with van der Waals surface area (Å²) >= 11 is 0. The lowest BCUT2D eigenvalue weighted by Crippen LogP contribution is -2.53. The van der Waals surface area contributed by atoms with Crippen molar-refractivity contribution in [3.63, 3.8) is 0 Å². The van der Waals surface area contributed by atoms with Gasteiger partial charge in [0.1, 0.15) is 6.04 Å². The summed E-state index contributed by atoms with van der Waals surface area (Å²) in [6.07, 6.45) is 3.27. The number of nitrogens with one attached hydrogen (secondary N) is 1. The van der Waals surface area contributed by atoms with Gasteiger partial charge in [-0.25, -0.2) is 4.99 Å². The minimum absolute atomic E-state index is 0.198. The van der Waals surface area contributed by atoms with Crippen LogP contribution in [0.15, 0.2) is 23.2 Å². The molecule has 8 nitrogen and oxygen atoms in total. The molecule has 0 spiro atoms. The molecule has 2 unspecified atom stereocenters. The molecule has 2 heterocycles. The summed E-state index contributed by atoms with van der Waals surface area (Å²) in [5.74, 6) is -0.422. The number of rotatable bonds is 5. The smallest absolute Gasteiger partial charge is 0.321 e. The van der Waals surface area contributed by atoms with Gasteiger partial charge < -0.3 is 19.1 Å². The van der Waals surface area contributed by atoms with Crippen LogP contribution in [0.5, 0.6) is 11.5 Å². The van der Waals surface area contributed by atoms with Crippen molar-refractivity contribution in [3.8, 4) is 11.5 Å². The van der Waals surface area contributed by atoms with Gasteiger partial charge in [-0.05, 0) is 43.9 Å². The number of hydrogen-bond acceptors (Lipinski definition) is 7. The van der Waals surface area contributed by atoms with Crippen molar-refractivity contribution in [1.82, 2.24) is 10.2 Å². The third-order valence-electron chi connectivity index (χ3n) is 5.04. The Bertz CT molecular complexity index is 758. The highest BCUT2D eigenvalue weighted by Gasteiger charge is 2.42. The third-order valence-corrected chi connectivity index (χ3v) is 5.04. The fourth-order valence-corrected chi connectivity index (χ4v) is 3.61. The number of likely N-dealkylation sites (tertiary alicyclic amines) is 1. The van der Waals surface area contributed by atoms with Crippen molar-refractivity contribution in [3.05, 3.63) is 23.8 Å². The molecule has 28 heavy (non-hydrogen) atoms. The highest BCUT2D eigenvalue weighted by Crippen LogP contribution is 2.36. The van der Waals surface area contributed by atoms with Gasteiger partial charge >= 0.3 is 5.97 Å². The summed E-state index contributed by atoms with van der Waals surface area (Å²) in [6, 6.07) is 4.61. The number of carbonyl (C=O) groups is 2. The van der Waals surface area contributed by atoms with Gasteiger partial charge in [0.05, 0.1) is 20.8 Å². The Morgan fingerprint density at radius 3 is 2.54 bits per heavy atom. The second kappa shape index (κ2) is 8.95. The molecule has 8 heteroatoms. The summed E-state index contributed by atoms with van der Waals surface area (Å²) in [5.41, 5.74) is 0.695. The minimum atomic E-state index is -1.05. The zero-order chi connectivity index (χ0) is 20.1. The predicted octanol–water partition coefficient (Wildman–Crippen LogP) is 1.90. The average molecular weight is 389 g/mol. The second-order valence-corrected chi connectivity index (χ2v) is 6.78. The van der Waals surface area contributed by atoms with Crippen LogP contribution in [0.3, 0.4) is 0 Å². The molecule has 0 saturated carbocycles. The Balaban J connectivity index is 2.01. The Kier molecular flexibility index (Phi) is 6.38. The van der Waals surface area contributed by atoms with E-state index in [9.17, 15) is 9.59 Å². The molecule has 1 amide bonds. The molecule has 2 aliphatic rings. The molecular formula is C20H27N3O5. The molecule has 1 N–H and O–H groups in total. The molecule has 0 bridgehead atoms. The lowest BCUT2D eigenvalue weighted by Gasteiger charge is -2.35. The van der Waals surface area contributed by atoms with E-state index in [0.29, 0.717) is 23.0 Å². The second-order valence-electron chi connectivity index (χ2n) is 6.78. The molecule has 1 fully saturated rings. The number of amides is 1. The van der Waals surface area contributed by atoms with Gasteiger partial charge in [0.25, 0.3) is 0 Å². The molecule has 1 saturated heterocycles. The van der Waals surface area contributed by atoms with Crippen molar-refractivity contribution < 1.29 is 23.8 Å². The van der Waals surface area contributed by atoms with Gasteiger partial charge in [0.2, 0.25) is 11.9 Å². The zero-order valence-corrected chi connectivity index (χ0v) is 16.6. The van der Waals surface area contributed by atoms with E-state index in [2.05, 4.69) is 10.2 Å². The van der Waals surface area contributed by atoms with Gasteiger partial charge in [-0.3, -0.25) is 14.9 Å². The maximum atomic E-state index is 12.8. The van der Waals surface area contributed by atoms with Gasteiger partial charge in [-0.2, -0.15) is 0 Å². The highest BCUT2D eigenvalue weighted by atomic mass is 16.5. The molecule has 2 aliphatic heterocycles. The molecule has 152 valence electrons. The van der Waals surface area contributed by atoms with E-state index in [1.165, 1.54) is 6.42 Å². The number of hydrogen-bond donors (Lipinski definition) is 1. The predicted molar refractivity (Wildman–Crippen MR) is 103 cm³/mol. The summed E-state index contributed by atoms with van der Waals surface area (Å²) < 4.78 is 15.8. The normalized spacial score (nSPS) is 22.2. The zero-order valence-electron chi connectivity index (χ0n) is 16.6.